The molecule has 0 aromatic heterocycles. The molecule has 1 unspecified atom stereocenters. The van der Waals surface area contributed by atoms with Gasteiger partial charge in [0.25, 0.3) is 0 Å². The van der Waals surface area contributed by atoms with Gasteiger partial charge in [0.1, 0.15) is 6.29 Å². The molecule has 0 radical (unpaired) electrons. The van der Waals surface area contributed by atoms with Crippen LogP contribution in [0.4, 0.5) is 0 Å². The van der Waals surface area contributed by atoms with Gasteiger partial charge in [-0.1, -0.05) is 0 Å². The average Bonchev–Trinajstić information content (AvgIpc) is 2.29. The first kappa shape index (κ1) is 11.1. The molecular weight excluding hydrogens is 188 g/mol. The quantitative estimate of drug-likeness (QED) is 0.649. The van der Waals surface area contributed by atoms with Gasteiger partial charge in [-0.15, -0.1) is 0 Å². The molecule has 2 bridgehead atoms. The molecule has 3 aliphatic rings. The smallest absolute Gasteiger partial charge is 0.139 e. The van der Waals surface area contributed by atoms with Crippen LogP contribution in [0.3, 0.4) is 0 Å². The number of likely N-dealkylation sites (N-methyl/N-ethyl adjacent to an activating group) is 1. The summed E-state index contributed by atoms with van der Waals surface area (Å²) in [6, 6.07) is 0.577. The Kier molecular flexibility index (Phi) is 2.86. The molecule has 86 valence electrons. The topological polar surface area (TPSA) is 23.6 Å². The van der Waals surface area contributed by atoms with Crippen LogP contribution in [0.2, 0.25) is 0 Å². The lowest BCUT2D eigenvalue weighted by molar-refractivity contribution is -0.120. The van der Waals surface area contributed by atoms with E-state index >= 15 is 0 Å². The van der Waals surface area contributed by atoms with Crippen molar-refractivity contribution in [2.45, 2.75) is 38.3 Å². The first-order chi connectivity index (χ1) is 7.04. The van der Waals surface area contributed by atoms with Crippen LogP contribution in [0.1, 0.15) is 26.7 Å². The largest absolute Gasteiger partial charge is 0.302 e. The van der Waals surface area contributed by atoms with Crippen molar-refractivity contribution in [3.8, 4) is 0 Å². The summed E-state index contributed by atoms with van der Waals surface area (Å²) in [6.07, 6.45) is 3.69. The van der Waals surface area contributed by atoms with Gasteiger partial charge in [-0.25, -0.2) is 0 Å². The fourth-order valence-corrected chi connectivity index (χ4v) is 2.88. The van der Waals surface area contributed by atoms with E-state index in [0.29, 0.717) is 6.04 Å². The van der Waals surface area contributed by atoms with E-state index in [1.807, 2.05) is 13.8 Å². The summed E-state index contributed by atoms with van der Waals surface area (Å²) in [5, 5.41) is 0. The van der Waals surface area contributed by atoms with Gasteiger partial charge in [-0.2, -0.15) is 0 Å². The van der Waals surface area contributed by atoms with E-state index in [4.69, 9.17) is 0 Å². The van der Waals surface area contributed by atoms with Gasteiger partial charge in [-0.3, -0.25) is 4.90 Å². The Morgan fingerprint density at radius 3 is 2.33 bits per heavy atom. The van der Waals surface area contributed by atoms with E-state index in [-0.39, 0.29) is 5.54 Å². The van der Waals surface area contributed by atoms with Gasteiger partial charge < -0.3 is 9.69 Å². The number of hydrogen-bond donors (Lipinski definition) is 0. The van der Waals surface area contributed by atoms with Crippen LogP contribution in [-0.2, 0) is 4.79 Å². The number of nitrogens with zero attached hydrogens (tertiary/aromatic N) is 2. The SMILES string of the molecule is CN(C1CN2CCC1CC2)C(C)(C)C=O. The van der Waals surface area contributed by atoms with Crippen molar-refractivity contribution in [3.63, 3.8) is 0 Å². The molecule has 0 amide bonds. The lowest BCUT2D eigenvalue weighted by atomic mass is 9.82. The Morgan fingerprint density at radius 1 is 1.33 bits per heavy atom. The number of carbonyl (C=O) groups excluding carboxylic acids is 1. The van der Waals surface area contributed by atoms with Crippen LogP contribution in [0.15, 0.2) is 0 Å². The molecular formula is C12H22N2O. The van der Waals surface area contributed by atoms with Crippen LogP contribution in [0.25, 0.3) is 0 Å². The first-order valence-electron chi connectivity index (χ1n) is 5.96. The number of piperidine rings is 3. The second kappa shape index (κ2) is 3.87. The van der Waals surface area contributed by atoms with Crippen LogP contribution in [0, 0.1) is 5.92 Å². The molecule has 0 aromatic carbocycles. The minimum absolute atomic E-state index is 0.316. The van der Waals surface area contributed by atoms with Crippen LogP contribution in [-0.4, -0.2) is 54.3 Å². The third-order valence-electron chi connectivity index (χ3n) is 4.32. The van der Waals surface area contributed by atoms with Crippen molar-refractivity contribution in [3.05, 3.63) is 0 Å². The molecule has 3 heteroatoms. The molecule has 3 fully saturated rings. The van der Waals surface area contributed by atoms with Crippen molar-refractivity contribution < 1.29 is 4.79 Å². The van der Waals surface area contributed by atoms with Crippen molar-refractivity contribution in [2.75, 3.05) is 26.7 Å². The van der Waals surface area contributed by atoms with Gasteiger partial charge in [-0.05, 0) is 52.7 Å². The molecule has 3 nitrogen and oxygen atoms in total. The van der Waals surface area contributed by atoms with Crippen molar-refractivity contribution in [2.24, 2.45) is 5.92 Å². The fraction of sp³-hybridized carbons (Fsp3) is 0.917. The third kappa shape index (κ3) is 1.95. The third-order valence-corrected chi connectivity index (χ3v) is 4.32. The first-order valence-corrected chi connectivity index (χ1v) is 5.96. The number of aldehydes is 1. The van der Waals surface area contributed by atoms with E-state index in [2.05, 4.69) is 16.8 Å². The lowest BCUT2D eigenvalue weighted by Gasteiger charge is -2.51. The zero-order valence-corrected chi connectivity index (χ0v) is 10.1. The summed E-state index contributed by atoms with van der Waals surface area (Å²) in [6.45, 7) is 7.70. The fourth-order valence-electron chi connectivity index (χ4n) is 2.88. The minimum atomic E-state index is -0.316. The molecule has 15 heavy (non-hydrogen) atoms. The van der Waals surface area contributed by atoms with E-state index in [1.54, 1.807) is 0 Å². The number of carbonyl (C=O) groups is 1. The Labute approximate surface area is 92.4 Å². The van der Waals surface area contributed by atoms with Gasteiger partial charge >= 0.3 is 0 Å². The summed E-state index contributed by atoms with van der Waals surface area (Å²) in [7, 11) is 2.10. The van der Waals surface area contributed by atoms with E-state index in [9.17, 15) is 4.79 Å². The predicted molar refractivity (Wildman–Crippen MR) is 60.9 cm³/mol. The van der Waals surface area contributed by atoms with Gasteiger partial charge in [0.05, 0.1) is 5.54 Å². The zero-order valence-electron chi connectivity index (χ0n) is 10.1. The van der Waals surface area contributed by atoms with Crippen molar-refractivity contribution in [1.29, 1.82) is 0 Å². The van der Waals surface area contributed by atoms with Crippen molar-refractivity contribution in [1.82, 2.24) is 9.80 Å². The summed E-state index contributed by atoms with van der Waals surface area (Å²) in [5.74, 6) is 0.805. The second-order valence-electron chi connectivity index (χ2n) is 5.59. The molecule has 0 saturated carbocycles. The van der Waals surface area contributed by atoms with Crippen LogP contribution in [0.5, 0.6) is 0 Å². The average molecular weight is 210 g/mol. The molecule has 3 heterocycles. The molecule has 3 aliphatic heterocycles. The lowest BCUT2D eigenvalue weighted by Crippen LogP contribution is -2.61. The number of fused-ring (bicyclic) bond motifs is 3. The molecule has 1 atom stereocenters. The van der Waals surface area contributed by atoms with E-state index in [0.717, 1.165) is 18.7 Å². The van der Waals surface area contributed by atoms with Gasteiger partial charge in [0, 0.05) is 12.6 Å². The summed E-state index contributed by atoms with van der Waals surface area (Å²) in [5.41, 5.74) is -0.316. The second-order valence-corrected chi connectivity index (χ2v) is 5.59. The van der Waals surface area contributed by atoms with Crippen molar-refractivity contribution >= 4 is 6.29 Å². The monoisotopic (exact) mass is 210 g/mol. The van der Waals surface area contributed by atoms with E-state index in [1.165, 1.54) is 25.9 Å². The minimum Gasteiger partial charge on any atom is -0.302 e. The highest BCUT2D eigenvalue weighted by atomic mass is 16.1. The zero-order chi connectivity index (χ0) is 11.1. The molecule has 0 aromatic rings. The molecule has 0 spiro atoms. The number of rotatable bonds is 3. The summed E-state index contributed by atoms with van der Waals surface area (Å²) in [4.78, 5) is 15.9. The van der Waals surface area contributed by atoms with E-state index < -0.39 is 0 Å². The number of hydrogen-bond acceptors (Lipinski definition) is 3. The normalized spacial score (nSPS) is 35.9. The summed E-state index contributed by atoms with van der Waals surface area (Å²) >= 11 is 0. The Bertz CT molecular complexity index is 244. The highest BCUT2D eigenvalue weighted by Crippen LogP contribution is 2.32. The maximum Gasteiger partial charge on any atom is 0.139 e. The molecule has 0 aliphatic carbocycles. The standard InChI is InChI=1S/C12H22N2O/c1-12(2,9-15)13(3)11-8-14-6-4-10(11)5-7-14/h9-11H,4-8H2,1-3H3. The predicted octanol–water partition coefficient (Wildman–Crippen LogP) is 0.990. The Balaban J connectivity index is 2.08. The van der Waals surface area contributed by atoms with Crippen LogP contribution < -0.4 is 0 Å². The molecule has 3 rings (SSSR count). The Morgan fingerprint density at radius 2 is 1.93 bits per heavy atom. The molecule has 0 N–H and O–H groups in total. The maximum absolute atomic E-state index is 11.1. The maximum atomic E-state index is 11.1. The summed E-state index contributed by atoms with van der Waals surface area (Å²) < 4.78 is 0. The van der Waals surface area contributed by atoms with Gasteiger partial charge in [0.2, 0.25) is 0 Å². The highest BCUT2D eigenvalue weighted by molar-refractivity contribution is 5.62. The highest BCUT2D eigenvalue weighted by Gasteiger charge is 2.40. The Hall–Kier alpha value is -0.410. The molecule has 3 saturated heterocycles. The van der Waals surface area contributed by atoms with Crippen LogP contribution >= 0.6 is 0 Å². The van der Waals surface area contributed by atoms with Gasteiger partial charge in [0.15, 0.2) is 0 Å².